The van der Waals surface area contributed by atoms with Gasteiger partial charge in [-0.2, -0.15) is 13.2 Å². The van der Waals surface area contributed by atoms with Crippen LogP contribution >= 0.6 is 11.6 Å². The topological polar surface area (TPSA) is 58.6 Å². The van der Waals surface area contributed by atoms with Crippen LogP contribution in [0.4, 0.5) is 18.9 Å². The molecule has 0 radical (unpaired) electrons. The fraction of sp³-hybridized carbons (Fsp3) is 0.364. The van der Waals surface area contributed by atoms with E-state index in [0.29, 0.717) is 5.56 Å². The van der Waals surface area contributed by atoms with E-state index in [2.05, 4.69) is 5.32 Å². The summed E-state index contributed by atoms with van der Waals surface area (Å²) in [5, 5.41) is 1.61. The maximum absolute atomic E-state index is 12.8. The van der Waals surface area contributed by atoms with Crippen molar-refractivity contribution in [2.24, 2.45) is 0 Å². The van der Waals surface area contributed by atoms with E-state index < -0.39 is 40.5 Å². The van der Waals surface area contributed by atoms with E-state index in [9.17, 15) is 22.8 Å². The molecular formula is C22H22ClF3N2O3. The summed E-state index contributed by atoms with van der Waals surface area (Å²) >= 11 is 6.33. The largest absolute Gasteiger partial charge is 0.467 e. The Morgan fingerprint density at radius 2 is 1.68 bits per heavy atom. The lowest BCUT2D eigenvalue weighted by molar-refractivity contribution is -0.152. The number of carbonyl (C=O) groups is 2. The molecule has 0 saturated carbocycles. The Hall–Kier alpha value is -2.74. The van der Waals surface area contributed by atoms with Crippen molar-refractivity contribution in [3.63, 3.8) is 0 Å². The number of nitrogens with one attached hydrogen (secondary N) is 1. The van der Waals surface area contributed by atoms with Gasteiger partial charge in [0.2, 0.25) is 5.91 Å². The summed E-state index contributed by atoms with van der Waals surface area (Å²) in [6.07, 6.45) is -4.44. The predicted molar refractivity (Wildman–Crippen MR) is 111 cm³/mol. The van der Waals surface area contributed by atoms with Gasteiger partial charge in [-0.15, -0.1) is 11.6 Å². The molecule has 1 amide bonds. The zero-order valence-electron chi connectivity index (χ0n) is 16.9. The van der Waals surface area contributed by atoms with Crippen LogP contribution < -0.4 is 10.2 Å². The van der Waals surface area contributed by atoms with Gasteiger partial charge in [0.15, 0.2) is 5.54 Å². The number of ether oxygens (including phenoxy) is 1. The lowest BCUT2D eigenvalue weighted by atomic mass is 9.87. The smallest absolute Gasteiger partial charge is 0.416 e. The normalized spacial score (nSPS) is 17.3. The van der Waals surface area contributed by atoms with Crippen LogP contribution in [0.3, 0.4) is 0 Å². The van der Waals surface area contributed by atoms with Crippen LogP contribution in [0.5, 0.6) is 0 Å². The van der Waals surface area contributed by atoms with Crippen molar-refractivity contribution in [2.75, 3.05) is 25.1 Å². The molecule has 31 heavy (non-hydrogen) atoms. The Kier molecular flexibility index (Phi) is 6.50. The third kappa shape index (κ3) is 4.79. The van der Waals surface area contributed by atoms with Crippen molar-refractivity contribution in [3.05, 3.63) is 65.7 Å². The van der Waals surface area contributed by atoms with Gasteiger partial charge in [-0.3, -0.25) is 4.79 Å². The van der Waals surface area contributed by atoms with E-state index in [1.165, 1.54) is 19.2 Å². The summed E-state index contributed by atoms with van der Waals surface area (Å²) in [5.74, 6) is -1.75. The van der Waals surface area contributed by atoms with Crippen LogP contribution in [0.15, 0.2) is 54.6 Å². The molecule has 1 heterocycles. The minimum absolute atomic E-state index is 0.216. The van der Waals surface area contributed by atoms with Crippen LogP contribution in [0.2, 0.25) is 0 Å². The standard InChI is InChI=1S/C22H22ClF3N2O3/c1-14(15-8-10-16(11-9-15)22(24,25)26)18(23)19(29)27-21(20(30)31-2)12-28(13-21)17-6-4-3-5-7-17/h3-11,14,18H,12-13H2,1-2H3,(H,27,29). The first-order valence-corrected chi connectivity index (χ1v) is 10.0. The third-order valence-corrected chi connectivity index (χ3v) is 6.01. The van der Waals surface area contributed by atoms with Crippen LogP contribution in [-0.2, 0) is 20.5 Å². The molecule has 0 bridgehead atoms. The molecule has 0 aromatic heterocycles. The number of benzene rings is 2. The summed E-state index contributed by atoms with van der Waals surface area (Å²) in [5.41, 5.74) is -0.639. The van der Waals surface area contributed by atoms with Gasteiger partial charge < -0.3 is 15.0 Å². The highest BCUT2D eigenvalue weighted by Crippen LogP contribution is 2.33. The fourth-order valence-electron chi connectivity index (χ4n) is 3.56. The molecule has 1 fully saturated rings. The molecule has 2 unspecified atom stereocenters. The van der Waals surface area contributed by atoms with E-state index in [0.717, 1.165) is 17.8 Å². The molecule has 3 rings (SSSR count). The van der Waals surface area contributed by atoms with Crippen molar-refractivity contribution < 1.29 is 27.5 Å². The van der Waals surface area contributed by atoms with Crippen molar-refractivity contribution in [3.8, 4) is 0 Å². The molecule has 0 aliphatic carbocycles. The molecule has 1 saturated heterocycles. The molecule has 2 atom stereocenters. The number of esters is 1. The molecule has 5 nitrogen and oxygen atoms in total. The van der Waals surface area contributed by atoms with Gasteiger partial charge in [0.25, 0.3) is 0 Å². The maximum Gasteiger partial charge on any atom is 0.416 e. The number of para-hydroxylation sites is 1. The number of hydrogen-bond donors (Lipinski definition) is 1. The second-order valence-corrected chi connectivity index (χ2v) is 8.03. The van der Waals surface area contributed by atoms with Crippen LogP contribution in [0.1, 0.15) is 24.0 Å². The number of rotatable bonds is 6. The lowest BCUT2D eigenvalue weighted by Gasteiger charge is -2.49. The average molecular weight is 455 g/mol. The van der Waals surface area contributed by atoms with E-state index in [1.54, 1.807) is 6.92 Å². The number of anilines is 1. The Morgan fingerprint density at radius 3 is 2.19 bits per heavy atom. The highest BCUT2D eigenvalue weighted by Gasteiger charge is 2.52. The third-order valence-electron chi connectivity index (χ3n) is 5.43. The van der Waals surface area contributed by atoms with Gasteiger partial charge >= 0.3 is 12.1 Å². The first-order valence-electron chi connectivity index (χ1n) is 9.59. The van der Waals surface area contributed by atoms with E-state index in [4.69, 9.17) is 16.3 Å². The van der Waals surface area contributed by atoms with Gasteiger partial charge in [-0.25, -0.2) is 4.79 Å². The highest BCUT2D eigenvalue weighted by atomic mass is 35.5. The zero-order chi connectivity index (χ0) is 22.8. The lowest BCUT2D eigenvalue weighted by Crippen LogP contribution is -2.75. The molecular weight excluding hydrogens is 433 g/mol. The number of amides is 1. The zero-order valence-corrected chi connectivity index (χ0v) is 17.7. The highest BCUT2D eigenvalue weighted by molar-refractivity contribution is 6.31. The first kappa shape index (κ1) is 22.9. The Morgan fingerprint density at radius 1 is 1.10 bits per heavy atom. The second-order valence-electron chi connectivity index (χ2n) is 7.56. The fourth-order valence-corrected chi connectivity index (χ4v) is 3.76. The number of nitrogens with zero attached hydrogens (tertiary/aromatic N) is 1. The number of alkyl halides is 4. The molecule has 0 spiro atoms. The molecule has 1 N–H and O–H groups in total. The molecule has 2 aromatic rings. The predicted octanol–water partition coefficient (Wildman–Crippen LogP) is 3.96. The van der Waals surface area contributed by atoms with Crippen LogP contribution in [0, 0.1) is 0 Å². The Labute approximate surface area is 183 Å². The van der Waals surface area contributed by atoms with Gasteiger partial charge in [0.1, 0.15) is 5.38 Å². The summed E-state index contributed by atoms with van der Waals surface area (Å²) in [6.45, 7) is 2.07. The van der Waals surface area contributed by atoms with E-state index >= 15 is 0 Å². The summed E-state index contributed by atoms with van der Waals surface area (Å²) in [6, 6.07) is 13.9. The van der Waals surface area contributed by atoms with Crippen LogP contribution in [0.25, 0.3) is 0 Å². The minimum atomic E-state index is -4.44. The van der Waals surface area contributed by atoms with E-state index in [1.807, 2.05) is 35.2 Å². The molecule has 166 valence electrons. The van der Waals surface area contributed by atoms with Gasteiger partial charge in [-0.1, -0.05) is 37.3 Å². The van der Waals surface area contributed by atoms with Gasteiger partial charge in [0, 0.05) is 11.6 Å². The SMILES string of the molecule is COC(=O)C1(NC(=O)C(Cl)C(C)c2ccc(C(F)(F)F)cc2)CN(c2ccccc2)C1. The number of halogens is 4. The van der Waals surface area contributed by atoms with Crippen LogP contribution in [-0.4, -0.2) is 43.0 Å². The number of methoxy groups -OCH3 is 1. The number of carbonyl (C=O) groups excluding carboxylic acids is 2. The van der Waals surface area contributed by atoms with Crippen molar-refractivity contribution in [1.82, 2.24) is 5.32 Å². The summed E-state index contributed by atoms with van der Waals surface area (Å²) in [7, 11) is 1.24. The average Bonchev–Trinajstić information content (AvgIpc) is 2.74. The Bertz CT molecular complexity index is 929. The first-order chi connectivity index (χ1) is 14.6. The van der Waals surface area contributed by atoms with Crippen molar-refractivity contribution in [2.45, 2.75) is 29.9 Å². The maximum atomic E-state index is 12.8. The Balaban J connectivity index is 1.69. The molecule has 2 aromatic carbocycles. The van der Waals surface area contributed by atoms with Crippen molar-refractivity contribution in [1.29, 1.82) is 0 Å². The number of hydrogen-bond acceptors (Lipinski definition) is 4. The molecule has 1 aliphatic heterocycles. The quantitative estimate of drug-likeness (QED) is 0.530. The molecule has 9 heteroatoms. The van der Waals surface area contributed by atoms with Crippen molar-refractivity contribution >= 4 is 29.2 Å². The van der Waals surface area contributed by atoms with E-state index in [-0.39, 0.29) is 13.1 Å². The summed E-state index contributed by atoms with van der Waals surface area (Å²) in [4.78, 5) is 27.1. The monoisotopic (exact) mass is 454 g/mol. The summed E-state index contributed by atoms with van der Waals surface area (Å²) < 4.78 is 43.2. The van der Waals surface area contributed by atoms with Gasteiger partial charge in [0.05, 0.1) is 25.8 Å². The minimum Gasteiger partial charge on any atom is -0.467 e. The molecule has 1 aliphatic rings. The second kappa shape index (κ2) is 8.78. The van der Waals surface area contributed by atoms with Gasteiger partial charge in [-0.05, 0) is 29.8 Å².